The largest absolute Gasteiger partial charge is 0.395 e. The Hall–Kier alpha value is -2.25. The SMILES string of the molecule is O=C(c1cc(-c2ccccc2F)on1)N(CCO)CCO. The average molecular weight is 294 g/mol. The molecule has 0 unspecified atom stereocenters. The number of amides is 1. The van der Waals surface area contributed by atoms with Crippen LogP contribution in [-0.2, 0) is 0 Å². The van der Waals surface area contributed by atoms with Crippen molar-refractivity contribution in [3.8, 4) is 11.3 Å². The molecule has 1 aromatic carbocycles. The minimum Gasteiger partial charge on any atom is -0.395 e. The number of aliphatic hydroxyl groups is 2. The van der Waals surface area contributed by atoms with Crippen LogP contribution >= 0.6 is 0 Å². The summed E-state index contributed by atoms with van der Waals surface area (Å²) in [6.45, 7) is -0.323. The molecule has 6 nitrogen and oxygen atoms in total. The lowest BCUT2D eigenvalue weighted by Gasteiger charge is -2.18. The van der Waals surface area contributed by atoms with Gasteiger partial charge in [-0.3, -0.25) is 4.79 Å². The summed E-state index contributed by atoms with van der Waals surface area (Å²) in [7, 11) is 0. The highest BCUT2D eigenvalue weighted by Gasteiger charge is 2.20. The number of carbonyl (C=O) groups excluding carboxylic acids is 1. The molecule has 2 aromatic rings. The van der Waals surface area contributed by atoms with Crippen LogP contribution in [0, 0.1) is 5.82 Å². The van der Waals surface area contributed by atoms with Crippen molar-refractivity contribution in [1.29, 1.82) is 0 Å². The maximum Gasteiger partial charge on any atom is 0.276 e. The second-order valence-electron chi connectivity index (χ2n) is 4.30. The van der Waals surface area contributed by atoms with Crippen LogP contribution in [0.15, 0.2) is 34.9 Å². The van der Waals surface area contributed by atoms with Crippen molar-refractivity contribution in [1.82, 2.24) is 10.1 Å². The van der Waals surface area contributed by atoms with E-state index in [4.69, 9.17) is 14.7 Å². The molecule has 0 atom stereocenters. The summed E-state index contributed by atoms with van der Waals surface area (Å²) in [4.78, 5) is 13.4. The quantitative estimate of drug-likeness (QED) is 0.827. The van der Waals surface area contributed by atoms with E-state index in [0.717, 1.165) is 0 Å². The van der Waals surface area contributed by atoms with E-state index in [2.05, 4.69) is 5.16 Å². The molecule has 112 valence electrons. The van der Waals surface area contributed by atoms with E-state index in [1.165, 1.54) is 23.1 Å². The van der Waals surface area contributed by atoms with E-state index < -0.39 is 11.7 Å². The zero-order valence-corrected chi connectivity index (χ0v) is 11.2. The molecule has 0 saturated carbocycles. The van der Waals surface area contributed by atoms with Gasteiger partial charge in [-0.05, 0) is 12.1 Å². The first-order valence-electron chi connectivity index (χ1n) is 6.40. The third-order valence-electron chi connectivity index (χ3n) is 2.90. The molecule has 0 radical (unpaired) electrons. The van der Waals surface area contributed by atoms with E-state index >= 15 is 0 Å². The van der Waals surface area contributed by atoms with Crippen molar-refractivity contribution < 1.29 is 23.9 Å². The van der Waals surface area contributed by atoms with Gasteiger partial charge in [0.05, 0.1) is 18.8 Å². The van der Waals surface area contributed by atoms with Crippen LogP contribution in [0.2, 0.25) is 0 Å². The van der Waals surface area contributed by atoms with Gasteiger partial charge in [0.25, 0.3) is 5.91 Å². The molecule has 0 aliphatic rings. The standard InChI is InChI=1S/C14H15FN2O4/c15-11-4-2-1-3-10(11)13-9-12(16-21-13)14(20)17(5-7-18)6-8-19/h1-4,9,18-19H,5-8H2. The summed E-state index contributed by atoms with van der Waals surface area (Å²) in [6.07, 6.45) is 0. The van der Waals surface area contributed by atoms with Crippen molar-refractivity contribution in [3.63, 3.8) is 0 Å². The van der Waals surface area contributed by atoms with E-state index in [9.17, 15) is 9.18 Å². The Bertz CT molecular complexity index is 609. The number of benzene rings is 1. The predicted octanol–water partition coefficient (Wildman–Crippen LogP) is 0.907. The lowest BCUT2D eigenvalue weighted by atomic mass is 10.1. The molecular formula is C14H15FN2O4. The predicted molar refractivity (Wildman–Crippen MR) is 72.0 cm³/mol. The van der Waals surface area contributed by atoms with Gasteiger partial charge in [0.2, 0.25) is 0 Å². The van der Waals surface area contributed by atoms with Crippen molar-refractivity contribution in [2.45, 2.75) is 0 Å². The van der Waals surface area contributed by atoms with Crippen molar-refractivity contribution in [3.05, 3.63) is 41.8 Å². The number of rotatable bonds is 6. The fraction of sp³-hybridized carbons (Fsp3) is 0.286. The molecule has 0 fully saturated rings. The van der Waals surface area contributed by atoms with Gasteiger partial charge in [-0.15, -0.1) is 0 Å². The number of hydrogen-bond acceptors (Lipinski definition) is 5. The minimum atomic E-state index is -0.496. The van der Waals surface area contributed by atoms with Crippen LogP contribution in [0.1, 0.15) is 10.5 Å². The van der Waals surface area contributed by atoms with E-state index in [0.29, 0.717) is 0 Å². The fourth-order valence-corrected chi connectivity index (χ4v) is 1.88. The van der Waals surface area contributed by atoms with Crippen LogP contribution in [-0.4, -0.2) is 52.5 Å². The smallest absolute Gasteiger partial charge is 0.276 e. The van der Waals surface area contributed by atoms with E-state index in [1.807, 2.05) is 0 Å². The molecule has 0 aliphatic heterocycles. The molecule has 0 bridgehead atoms. The second-order valence-corrected chi connectivity index (χ2v) is 4.30. The maximum atomic E-state index is 13.6. The zero-order chi connectivity index (χ0) is 15.2. The van der Waals surface area contributed by atoms with Crippen molar-refractivity contribution >= 4 is 5.91 Å². The molecule has 2 rings (SSSR count). The van der Waals surface area contributed by atoms with Gasteiger partial charge < -0.3 is 19.6 Å². The summed E-state index contributed by atoms with van der Waals surface area (Å²) in [5, 5.41) is 21.4. The molecule has 1 amide bonds. The van der Waals surface area contributed by atoms with E-state index in [-0.39, 0.29) is 43.3 Å². The molecule has 0 aliphatic carbocycles. The van der Waals surface area contributed by atoms with Crippen LogP contribution in [0.5, 0.6) is 0 Å². The molecule has 21 heavy (non-hydrogen) atoms. The van der Waals surface area contributed by atoms with Gasteiger partial charge in [-0.25, -0.2) is 4.39 Å². The first-order chi connectivity index (χ1) is 10.2. The third kappa shape index (κ3) is 3.45. The maximum absolute atomic E-state index is 13.6. The van der Waals surface area contributed by atoms with E-state index in [1.54, 1.807) is 12.1 Å². The highest BCUT2D eigenvalue weighted by molar-refractivity contribution is 5.93. The Labute approximate surface area is 120 Å². The molecule has 7 heteroatoms. The average Bonchev–Trinajstić information content (AvgIpc) is 2.96. The van der Waals surface area contributed by atoms with Gasteiger partial charge in [0.1, 0.15) is 5.82 Å². The van der Waals surface area contributed by atoms with Gasteiger partial charge >= 0.3 is 0 Å². The Kier molecular flexibility index (Phi) is 5.02. The number of nitrogens with zero attached hydrogens (tertiary/aromatic N) is 2. The highest BCUT2D eigenvalue weighted by atomic mass is 19.1. The summed E-state index contributed by atoms with van der Waals surface area (Å²) in [5.74, 6) is -0.830. The first-order valence-corrected chi connectivity index (χ1v) is 6.40. The number of carbonyl (C=O) groups is 1. The summed E-state index contributed by atoms with van der Waals surface area (Å²) in [5.41, 5.74) is 0.204. The Morgan fingerprint density at radius 3 is 2.52 bits per heavy atom. The Balaban J connectivity index is 2.23. The summed E-state index contributed by atoms with van der Waals surface area (Å²) in [6, 6.07) is 7.33. The van der Waals surface area contributed by atoms with Gasteiger partial charge in [0, 0.05) is 19.2 Å². The summed E-state index contributed by atoms with van der Waals surface area (Å²) >= 11 is 0. The van der Waals surface area contributed by atoms with Crippen LogP contribution in [0.4, 0.5) is 4.39 Å². The van der Waals surface area contributed by atoms with Crippen molar-refractivity contribution in [2.24, 2.45) is 0 Å². The Morgan fingerprint density at radius 2 is 1.90 bits per heavy atom. The first kappa shape index (κ1) is 15.1. The number of aliphatic hydroxyl groups excluding tert-OH is 2. The molecule has 0 saturated heterocycles. The van der Waals surface area contributed by atoms with Crippen LogP contribution in [0.3, 0.4) is 0 Å². The summed E-state index contributed by atoms with van der Waals surface area (Å²) < 4.78 is 18.6. The molecule has 1 aromatic heterocycles. The van der Waals surface area contributed by atoms with Gasteiger partial charge in [-0.1, -0.05) is 17.3 Å². The fourth-order valence-electron chi connectivity index (χ4n) is 1.88. The zero-order valence-electron chi connectivity index (χ0n) is 11.2. The molecule has 2 N–H and O–H groups in total. The number of halogens is 1. The van der Waals surface area contributed by atoms with Crippen molar-refractivity contribution in [2.75, 3.05) is 26.3 Å². The topological polar surface area (TPSA) is 86.8 Å². The molecule has 1 heterocycles. The minimum absolute atomic E-state index is 0.00449. The second kappa shape index (κ2) is 6.96. The van der Waals surface area contributed by atoms with Crippen LogP contribution < -0.4 is 0 Å². The van der Waals surface area contributed by atoms with Gasteiger partial charge in [-0.2, -0.15) is 0 Å². The molecular weight excluding hydrogens is 279 g/mol. The lowest BCUT2D eigenvalue weighted by Crippen LogP contribution is -2.36. The highest BCUT2D eigenvalue weighted by Crippen LogP contribution is 2.23. The molecule has 0 spiro atoms. The normalized spacial score (nSPS) is 10.6. The number of hydrogen-bond donors (Lipinski definition) is 2. The lowest BCUT2D eigenvalue weighted by molar-refractivity contribution is 0.0674. The third-order valence-corrected chi connectivity index (χ3v) is 2.90. The van der Waals surface area contributed by atoms with Gasteiger partial charge in [0.15, 0.2) is 11.5 Å². The monoisotopic (exact) mass is 294 g/mol. The number of aromatic nitrogens is 1. The van der Waals surface area contributed by atoms with Crippen LogP contribution in [0.25, 0.3) is 11.3 Å². The Morgan fingerprint density at radius 1 is 1.24 bits per heavy atom.